The van der Waals surface area contributed by atoms with Crippen molar-refractivity contribution in [3.63, 3.8) is 0 Å². The molecule has 7 nitrogen and oxygen atoms in total. The third kappa shape index (κ3) is 3.35. The Labute approximate surface area is 144 Å². The molecule has 2 rings (SSSR count). The number of carboxylic acid groups (broad SMARTS) is 1. The zero-order chi connectivity index (χ0) is 18.9. The van der Waals surface area contributed by atoms with Crippen LogP contribution in [0.15, 0.2) is 18.2 Å². The van der Waals surface area contributed by atoms with Crippen LogP contribution in [0, 0.1) is 20.8 Å². The van der Waals surface area contributed by atoms with E-state index in [4.69, 9.17) is 14.6 Å². The van der Waals surface area contributed by atoms with Gasteiger partial charge in [-0.15, -0.1) is 0 Å². The summed E-state index contributed by atoms with van der Waals surface area (Å²) in [6, 6.07) is 3.82. The molecule has 0 aromatic heterocycles. The van der Waals surface area contributed by atoms with Gasteiger partial charge in [-0.1, -0.05) is 0 Å². The summed E-state index contributed by atoms with van der Waals surface area (Å²) in [6.07, 6.45) is 0. The number of phenols is 2. The minimum Gasteiger partial charge on any atom is -0.508 e. The van der Waals surface area contributed by atoms with E-state index in [1.807, 2.05) is 0 Å². The topological polar surface area (TPSA) is 113 Å². The van der Waals surface area contributed by atoms with E-state index < -0.39 is 17.7 Å². The number of phenolic OH excluding ortho intramolecular Hbond substituents is 1. The van der Waals surface area contributed by atoms with E-state index in [0.29, 0.717) is 11.1 Å². The van der Waals surface area contributed by atoms with Gasteiger partial charge in [0.1, 0.15) is 34.1 Å². The van der Waals surface area contributed by atoms with Gasteiger partial charge in [0.25, 0.3) is 0 Å². The molecule has 2 aromatic rings. The zero-order valence-electron chi connectivity index (χ0n) is 14.2. The Morgan fingerprint density at radius 3 is 2.04 bits per heavy atom. The highest BCUT2D eigenvalue weighted by atomic mass is 16.5. The van der Waals surface area contributed by atoms with E-state index >= 15 is 0 Å². The van der Waals surface area contributed by atoms with Gasteiger partial charge in [-0.3, -0.25) is 0 Å². The van der Waals surface area contributed by atoms with Crippen molar-refractivity contribution in [2.24, 2.45) is 0 Å². The van der Waals surface area contributed by atoms with Gasteiger partial charge in [-0.05, 0) is 44.0 Å². The average molecular weight is 346 g/mol. The number of hydrogen-bond acceptors (Lipinski definition) is 6. The van der Waals surface area contributed by atoms with Gasteiger partial charge >= 0.3 is 11.9 Å². The SMILES string of the molecule is COc1c(C)c(O)cc(C)c1C(=O)Oc1cc(C)c(C(=O)O)c(O)c1. The van der Waals surface area contributed by atoms with E-state index in [2.05, 4.69) is 0 Å². The maximum Gasteiger partial charge on any atom is 0.347 e. The Bertz CT molecular complexity index is 845. The second-order valence-corrected chi connectivity index (χ2v) is 5.57. The number of benzene rings is 2. The Morgan fingerprint density at radius 1 is 0.920 bits per heavy atom. The van der Waals surface area contributed by atoms with Crippen molar-refractivity contribution in [2.75, 3.05) is 7.11 Å². The van der Waals surface area contributed by atoms with Crippen LogP contribution in [0.3, 0.4) is 0 Å². The fraction of sp³-hybridized carbons (Fsp3) is 0.222. The number of aromatic carboxylic acids is 1. The van der Waals surface area contributed by atoms with Crippen LogP contribution >= 0.6 is 0 Å². The lowest BCUT2D eigenvalue weighted by Gasteiger charge is -2.15. The molecule has 2 aromatic carbocycles. The molecular formula is C18H18O7. The molecule has 0 spiro atoms. The van der Waals surface area contributed by atoms with Gasteiger partial charge in [-0.2, -0.15) is 0 Å². The predicted molar refractivity (Wildman–Crippen MR) is 88.9 cm³/mol. The van der Waals surface area contributed by atoms with Crippen molar-refractivity contribution in [1.29, 1.82) is 0 Å². The van der Waals surface area contributed by atoms with Crippen LogP contribution in [0.2, 0.25) is 0 Å². The van der Waals surface area contributed by atoms with Crippen molar-refractivity contribution < 1.29 is 34.4 Å². The molecule has 25 heavy (non-hydrogen) atoms. The first-order chi connectivity index (χ1) is 11.7. The van der Waals surface area contributed by atoms with Crippen molar-refractivity contribution in [3.05, 3.63) is 46.0 Å². The quantitative estimate of drug-likeness (QED) is 0.576. The largest absolute Gasteiger partial charge is 0.508 e. The van der Waals surface area contributed by atoms with Crippen LogP contribution in [-0.4, -0.2) is 34.4 Å². The molecule has 3 N–H and O–H groups in total. The molecule has 0 aliphatic carbocycles. The highest BCUT2D eigenvalue weighted by Crippen LogP contribution is 2.35. The molecule has 0 heterocycles. The number of carboxylic acids is 1. The molecule has 132 valence electrons. The van der Waals surface area contributed by atoms with Crippen LogP contribution in [0.4, 0.5) is 0 Å². The van der Waals surface area contributed by atoms with Crippen LogP contribution in [0.1, 0.15) is 37.4 Å². The predicted octanol–water partition coefficient (Wildman–Crippen LogP) is 2.95. The maximum absolute atomic E-state index is 12.5. The van der Waals surface area contributed by atoms with Gasteiger partial charge in [0.15, 0.2) is 0 Å². The first-order valence-corrected chi connectivity index (χ1v) is 7.33. The summed E-state index contributed by atoms with van der Waals surface area (Å²) in [5.74, 6) is -2.35. The van der Waals surface area contributed by atoms with Crippen LogP contribution < -0.4 is 9.47 Å². The standard InChI is InChI=1S/C18H18O7/c1-8-5-11(7-13(20)14(8)17(21)22)25-18(23)15-9(2)6-12(19)10(3)16(15)24-4/h5-7,19-20H,1-4H3,(H,21,22). The number of rotatable bonds is 4. The summed E-state index contributed by atoms with van der Waals surface area (Å²) in [7, 11) is 1.37. The highest BCUT2D eigenvalue weighted by molar-refractivity contribution is 5.97. The summed E-state index contributed by atoms with van der Waals surface area (Å²) in [5, 5.41) is 28.7. The Balaban J connectivity index is 2.45. The zero-order valence-corrected chi connectivity index (χ0v) is 14.2. The number of esters is 1. The number of hydrogen-bond donors (Lipinski definition) is 3. The lowest BCUT2D eigenvalue weighted by atomic mass is 10.0. The molecule has 0 radical (unpaired) electrons. The molecule has 0 fully saturated rings. The first kappa shape index (κ1) is 18.1. The fourth-order valence-electron chi connectivity index (χ4n) is 2.61. The van der Waals surface area contributed by atoms with Crippen LogP contribution in [-0.2, 0) is 0 Å². The van der Waals surface area contributed by atoms with E-state index in [-0.39, 0.29) is 33.9 Å². The number of carbonyl (C=O) groups is 2. The lowest BCUT2D eigenvalue weighted by Crippen LogP contribution is -2.13. The first-order valence-electron chi connectivity index (χ1n) is 7.33. The number of methoxy groups -OCH3 is 1. The van der Waals surface area contributed by atoms with Crippen molar-refractivity contribution in [3.8, 4) is 23.0 Å². The number of carbonyl (C=O) groups excluding carboxylic acids is 1. The summed E-state index contributed by atoms with van der Waals surface area (Å²) >= 11 is 0. The number of ether oxygens (including phenoxy) is 2. The highest BCUT2D eigenvalue weighted by Gasteiger charge is 2.23. The Morgan fingerprint density at radius 2 is 1.52 bits per heavy atom. The lowest BCUT2D eigenvalue weighted by molar-refractivity contribution is 0.0692. The minimum atomic E-state index is -1.28. The van der Waals surface area contributed by atoms with E-state index in [1.54, 1.807) is 13.8 Å². The van der Waals surface area contributed by atoms with E-state index in [9.17, 15) is 19.8 Å². The van der Waals surface area contributed by atoms with Crippen molar-refractivity contribution >= 4 is 11.9 Å². The van der Waals surface area contributed by atoms with Gasteiger partial charge in [0.05, 0.1) is 7.11 Å². The van der Waals surface area contributed by atoms with Crippen LogP contribution in [0.25, 0.3) is 0 Å². The van der Waals surface area contributed by atoms with Gasteiger partial charge in [0, 0.05) is 11.6 Å². The summed E-state index contributed by atoms with van der Waals surface area (Å²) < 4.78 is 10.5. The Kier molecular flexibility index (Phi) is 4.87. The Hall–Kier alpha value is -3.22. The van der Waals surface area contributed by atoms with Crippen molar-refractivity contribution in [1.82, 2.24) is 0 Å². The number of aryl methyl sites for hydroxylation is 2. The normalized spacial score (nSPS) is 10.4. The van der Waals surface area contributed by atoms with Gasteiger partial charge in [0.2, 0.25) is 0 Å². The molecule has 0 unspecified atom stereocenters. The van der Waals surface area contributed by atoms with Gasteiger partial charge < -0.3 is 24.8 Å². The summed E-state index contributed by atoms with van der Waals surface area (Å²) in [6.45, 7) is 4.70. The smallest absolute Gasteiger partial charge is 0.347 e. The average Bonchev–Trinajstić information content (AvgIpc) is 2.49. The molecule has 0 saturated heterocycles. The molecule has 0 aliphatic heterocycles. The molecule has 0 saturated carbocycles. The summed E-state index contributed by atoms with van der Waals surface area (Å²) in [4.78, 5) is 23.6. The van der Waals surface area contributed by atoms with E-state index in [0.717, 1.165) is 6.07 Å². The molecule has 0 aliphatic rings. The summed E-state index contributed by atoms with van der Waals surface area (Å²) in [5.41, 5.74) is 0.973. The molecule has 7 heteroatoms. The van der Waals surface area contributed by atoms with Gasteiger partial charge in [-0.25, -0.2) is 9.59 Å². The molecular weight excluding hydrogens is 328 g/mol. The fourth-order valence-corrected chi connectivity index (χ4v) is 2.61. The third-order valence-electron chi connectivity index (χ3n) is 3.82. The van der Waals surface area contributed by atoms with Crippen molar-refractivity contribution in [2.45, 2.75) is 20.8 Å². The molecule has 0 amide bonds. The second-order valence-electron chi connectivity index (χ2n) is 5.57. The number of aromatic hydroxyl groups is 2. The second kappa shape index (κ2) is 6.72. The molecule has 0 bridgehead atoms. The monoisotopic (exact) mass is 346 g/mol. The third-order valence-corrected chi connectivity index (χ3v) is 3.82. The molecule has 0 atom stereocenters. The van der Waals surface area contributed by atoms with E-state index in [1.165, 1.54) is 26.2 Å². The maximum atomic E-state index is 12.5. The van der Waals surface area contributed by atoms with Crippen LogP contribution in [0.5, 0.6) is 23.0 Å². The minimum absolute atomic E-state index is 0.00261.